The van der Waals surface area contributed by atoms with E-state index in [2.05, 4.69) is 4.74 Å². The number of aromatic nitrogens is 1. The summed E-state index contributed by atoms with van der Waals surface area (Å²) < 4.78 is 29.2. The van der Waals surface area contributed by atoms with Crippen molar-refractivity contribution in [3.63, 3.8) is 0 Å². The molecule has 140 valence electrons. The third-order valence-electron chi connectivity index (χ3n) is 3.65. The molecule has 1 heterocycles. The lowest BCUT2D eigenvalue weighted by Crippen LogP contribution is -2.30. The molecule has 0 radical (unpaired) electrons. The Morgan fingerprint density at radius 3 is 2.08 bits per heavy atom. The first-order valence-corrected chi connectivity index (χ1v) is 7.67. The molecule has 0 spiro atoms. The second kappa shape index (κ2) is 7.67. The lowest BCUT2D eigenvalue weighted by Gasteiger charge is -2.21. The molecule has 0 aromatic carbocycles. The van der Waals surface area contributed by atoms with Crippen LogP contribution in [0.4, 0.5) is 9.18 Å². The highest BCUT2D eigenvalue weighted by atomic mass is 19.1. The van der Waals surface area contributed by atoms with Crippen molar-refractivity contribution < 1.29 is 33.0 Å². The lowest BCUT2D eigenvalue weighted by atomic mass is 9.96. The molecule has 0 aliphatic rings. The largest absolute Gasteiger partial charge is 0.468 e. The average Bonchev–Trinajstić information content (AvgIpc) is 2.77. The first-order chi connectivity index (χ1) is 11.5. The van der Waals surface area contributed by atoms with Crippen molar-refractivity contribution in [2.24, 2.45) is 0 Å². The van der Waals surface area contributed by atoms with E-state index in [9.17, 15) is 18.8 Å². The molecule has 0 amide bonds. The van der Waals surface area contributed by atoms with Crippen molar-refractivity contribution in [1.82, 2.24) is 4.57 Å². The van der Waals surface area contributed by atoms with Crippen LogP contribution in [-0.4, -0.2) is 49.1 Å². The second-order valence-electron chi connectivity index (χ2n) is 6.51. The van der Waals surface area contributed by atoms with Gasteiger partial charge in [-0.05, 0) is 45.7 Å². The standard InChI is InChI=1S/C17H24FNO6/c1-9-12(11(8-18)14(20)23-6)10(2)19(13(9)15(21)24-7)16(22)25-17(3,4)5/h11H,8H2,1-7H3. The molecule has 0 N–H and O–H groups in total. The molecule has 25 heavy (non-hydrogen) atoms. The smallest absolute Gasteiger partial charge is 0.419 e. The highest BCUT2D eigenvalue weighted by Gasteiger charge is 2.35. The number of alkyl halides is 1. The predicted molar refractivity (Wildman–Crippen MR) is 87.6 cm³/mol. The molecule has 0 aliphatic carbocycles. The highest BCUT2D eigenvalue weighted by Crippen LogP contribution is 2.31. The quantitative estimate of drug-likeness (QED) is 0.608. The van der Waals surface area contributed by atoms with Gasteiger partial charge in [0.15, 0.2) is 0 Å². The topological polar surface area (TPSA) is 83.8 Å². The molecule has 8 heteroatoms. The van der Waals surface area contributed by atoms with Crippen LogP contribution in [0.5, 0.6) is 0 Å². The normalized spacial score (nSPS) is 12.5. The average molecular weight is 357 g/mol. The fourth-order valence-corrected chi connectivity index (χ4v) is 2.65. The minimum atomic E-state index is -1.25. The number of carbonyl (C=O) groups is 3. The van der Waals surface area contributed by atoms with Crippen molar-refractivity contribution in [2.45, 2.75) is 46.1 Å². The SMILES string of the molecule is COC(=O)c1c(C)c(C(CF)C(=O)OC)c(C)n1C(=O)OC(C)(C)C. The summed E-state index contributed by atoms with van der Waals surface area (Å²) in [6.07, 6.45) is -0.817. The second-order valence-corrected chi connectivity index (χ2v) is 6.51. The maximum atomic E-state index is 13.5. The van der Waals surface area contributed by atoms with Crippen molar-refractivity contribution in [2.75, 3.05) is 20.9 Å². The van der Waals surface area contributed by atoms with Crippen molar-refractivity contribution in [3.05, 3.63) is 22.5 Å². The van der Waals surface area contributed by atoms with Crippen LogP contribution in [0.1, 0.15) is 54.0 Å². The van der Waals surface area contributed by atoms with Crippen LogP contribution in [0.25, 0.3) is 0 Å². The first kappa shape index (κ1) is 20.7. The van der Waals surface area contributed by atoms with Crippen molar-refractivity contribution in [3.8, 4) is 0 Å². The Hall–Kier alpha value is -2.38. The zero-order valence-electron chi connectivity index (χ0n) is 15.6. The zero-order valence-corrected chi connectivity index (χ0v) is 15.6. The number of methoxy groups -OCH3 is 2. The number of carbonyl (C=O) groups excluding carboxylic acids is 3. The number of halogens is 1. The molecule has 0 saturated carbocycles. The van der Waals surface area contributed by atoms with E-state index >= 15 is 0 Å². The zero-order chi connectivity index (χ0) is 19.5. The van der Waals surface area contributed by atoms with Gasteiger partial charge in [-0.3, -0.25) is 4.79 Å². The van der Waals surface area contributed by atoms with Gasteiger partial charge in [0.1, 0.15) is 23.9 Å². The minimum absolute atomic E-state index is 0.105. The molecule has 0 saturated heterocycles. The summed E-state index contributed by atoms with van der Waals surface area (Å²) in [6, 6.07) is 0. The lowest BCUT2D eigenvalue weighted by molar-refractivity contribution is -0.142. The van der Waals surface area contributed by atoms with Gasteiger partial charge in [0.05, 0.1) is 14.2 Å². The molecule has 1 unspecified atom stereocenters. The summed E-state index contributed by atoms with van der Waals surface area (Å²) in [4.78, 5) is 36.6. The van der Waals surface area contributed by atoms with E-state index in [1.54, 1.807) is 20.8 Å². The molecule has 7 nitrogen and oxygen atoms in total. The minimum Gasteiger partial charge on any atom is -0.468 e. The van der Waals surface area contributed by atoms with Crippen molar-refractivity contribution in [1.29, 1.82) is 0 Å². The van der Waals surface area contributed by atoms with Crippen LogP contribution in [0, 0.1) is 13.8 Å². The fraction of sp³-hybridized carbons (Fsp3) is 0.588. The van der Waals surface area contributed by atoms with E-state index in [1.165, 1.54) is 13.8 Å². The van der Waals surface area contributed by atoms with Gasteiger partial charge in [-0.15, -0.1) is 0 Å². The summed E-state index contributed by atoms with van der Waals surface area (Å²) >= 11 is 0. The van der Waals surface area contributed by atoms with E-state index in [0.717, 1.165) is 18.8 Å². The van der Waals surface area contributed by atoms with Gasteiger partial charge in [-0.1, -0.05) is 0 Å². The Bertz CT molecular complexity index is 686. The van der Waals surface area contributed by atoms with Crippen LogP contribution < -0.4 is 0 Å². The van der Waals surface area contributed by atoms with Crippen LogP contribution >= 0.6 is 0 Å². The van der Waals surface area contributed by atoms with Crippen LogP contribution in [-0.2, 0) is 19.0 Å². The number of rotatable bonds is 4. The monoisotopic (exact) mass is 357 g/mol. The third-order valence-corrected chi connectivity index (χ3v) is 3.65. The Labute approximate surface area is 146 Å². The molecule has 1 aromatic heterocycles. The van der Waals surface area contributed by atoms with Gasteiger partial charge in [0.25, 0.3) is 0 Å². The number of hydrogen-bond acceptors (Lipinski definition) is 6. The van der Waals surface area contributed by atoms with Crippen LogP contribution in [0.3, 0.4) is 0 Å². The molecule has 0 bridgehead atoms. The Morgan fingerprint density at radius 2 is 1.68 bits per heavy atom. The van der Waals surface area contributed by atoms with E-state index in [0.29, 0.717) is 0 Å². The van der Waals surface area contributed by atoms with Gasteiger partial charge in [-0.25, -0.2) is 18.5 Å². The van der Waals surface area contributed by atoms with Crippen molar-refractivity contribution >= 4 is 18.0 Å². The number of esters is 2. The predicted octanol–water partition coefficient (Wildman–Crippen LogP) is 2.90. The summed E-state index contributed by atoms with van der Waals surface area (Å²) in [5.41, 5.74) is -0.215. The van der Waals surface area contributed by atoms with E-state index in [1.807, 2.05) is 0 Å². The van der Waals surface area contributed by atoms with Gasteiger partial charge < -0.3 is 14.2 Å². The third kappa shape index (κ3) is 4.18. The van der Waals surface area contributed by atoms with Crippen LogP contribution in [0.15, 0.2) is 0 Å². The van der Waals surface area contributed by atoms with E-state index < -0.39 is 36.2 Å². The molecule has 1 atom stereocenters. The number of ether oxygens (including phenoxy) is 3. The summed E-state index contributed by atoms with van der Waals surface area (Å²) in [7, 11) is 2.30. The molecular weight excluding hydrogens is 333 g/mol. The molecular formula is C17H24FNO6. The molecule has 0 aliphatic heterocycles. The fourth-order valence-electron chi connectivity index (χ4n) is 2.65. The Balaban J connectivity index is 3.66. The molecule has 0 fully saturated rings. The molecule has 1 aromatic rings. The van der Waals surface area contributed by atoms with Gasteiger partial charge in [0, 0.05) is 5.69 Å². The van der Waals surface area contributed by atoms with Gasteiger partial charge in [-0.2, -0.15) is 0 Å². The van der Waals surface area contributed by atoms with Gasteiger partial charge >= 0.3 is 18.0 Å². The molecule has 1 rings (SSSR count). The van der Waals surface area contributed by atoms with E-state index in [4.69, 9.17) is 9.47 Å². The Morgan fingerprint density at radius 1 is 1.12 bits per heavy atom. The maximum Gasteiger partial charge on any atom is 0.419 e. The van der Waals surface area contributed by atoms with E-state index in [-0.39, 0.29) is 22.5 Å². The summed E-state index contributed by atoms with van der Waals surface area (Å²) in [5.74, 6) is -2.84. The number of nitrogens with zero attached hydrogens (tertiary/aromatic N) is 1. The first-order valence-electron chi connectivity index (χ1n) is 7.67. The number of hydrogen-bond donors (Lipinski definition) is 0. The van der Waals surface area contributed by atoms with Crippen LogP contribution in [0.2, 0.25) is 0 Å². The maximum absolute atomic E-state index is 13.5. The summed E-state index contributed by atoms with van der Waals surface area (Å²) in [5, 5.41) is 0. The van der Waals surface area contributed by atoms with Gasteiger partial charge in [0.2, 0.25) is 0 Å². The summed E-state index contributed by atoms with van der Waals surface area (Å²) in [6.45, 7) is 7.01. The Kier molecular flexibility index (Phi) is 6.34. The highest BCUT2D eigenvalue weighted by molar-refractivity contribution is 5.95.